The van der Waals surface area contributed by atoms with Crippen molar-refractivity contribution in [3.63, 3.8) is 0 Å². The highest BCUT2D eigenvalue weighted by Crippen LogP contribution is 2.07. The van der Waals surface area contributed by atoms with Crippen molar-refractivity contribution >= 4 is 0 Å². The number of aryl methyl sites for hydroxylation is 2. The quantitative estimate of drug-likeness (QED) is 0.673. The highest BCUT2D eigenvalue weighted by atomic mass is 16.3. The van der Waals surface area contributed by atoms with Gasteiger partial charge in [-0.05, 0) is 30.5 Å². The van der Waals surface area contributed by atoms with E-state index >= 15 is 0 Å². The Kier molecular flexibility index (Phi) is 3.23. The number of aromatic nitrogens is 1. The molecular weight excluding hydrogens is 150 g/mol. The molecule has 0 aromatic carbocycles. The predicted octanol–water partition coefficient (Wildman–Crippen LogP) is 2.14. The van der Waals surface area contributed by atoms with E-state index in [4.69, 9.17) is 0 Å². The summed E-state index contributed by atoms with van der Waals surface area (Å²) >= 11 is 0. The van der Waals surface area contributed by atoms with Crippen molar-refractivity contribution in [2.24, 2.45) is 0 Å². The summed E-state index contributed by atoms with van der Waals surface area (Å²) in [5.41, 5.74) is 2.92. The van der Waals surface area contributed by atoms with Crippen LogP contribution in [-0.4, -0.2) is 4.98 Å². The lowest BCUT2D eigenvalue weighted by Crippen LogP contribution is -1.96. The van der Waals surface area contributed by atoms with Gasteiger partial charge in [0.25, 0.3) is 0 Å². The second-order valence-electron chi connectivity index (χ2n) is 2.81. The lowest BCUT2D eigenvalue weighted by Gasteiger charge is -2.03. The summed E-state index contributed by atoms with van der Waals surface area (Å²) in [4.78, 5) is 4.38. The van der Waals surface area contributed by atoms with Crippen LogP contribution in [0.5, 0.6) is 0 Å². The molecule has 12 heavy (non-hydrogen) atoms. The van der Waals surface area contributed by atoms with Crippen LogP contribution in [0, 0.1) is 0 Å². The zero-order chi connectivity index (χ0) is 8.97. The molecule has 65 valence electrons. The molecule has 0 aliphatic rings. The zero-order valence-electron chi connectivity index (χ0n) is 7.63. The Hall–Kier alpha value is -0.890. The van der Waals surface area contributed by atoms with E-state index in [0.29, 0.717) is 0 Å². The van der Waals surface area contributed by atoms with Crippen LogP contribution < -0.4 is 0 Å². The molecule has 2 nitrogen and oxygen atoms in total. The first-order valence-electron chi connectivity index (χ1n) is 4.37. The number of hydrogen-bond donors (Lipinski definition) is 0. The molecule has 0 bridgehead atoms. The van der Waals surface area contributed by atoms with Gasteiger partial charge in [0.15, 0.2) is 0 Å². The van der Waals surface area contributed by atoms with Gasteiger partial charge < -0.3 is 0 Å². The number of hydrogen-bond acceptors (Lipinski definition) is 1. The molecule has 0 spiro atoms. The fourth-order valence-corrected chi connectivity index (χ4v) is 1.16. The van der Waals surface area contributed by atoms with Gasteiger partial charge in [0.05, 0.1) is 0 Å². The van der Waals surface area contributed by atoms with Gasteiger partial charge in [0.2, 0.25) is 0 Å². The minimum Gasteiger partial charge on any atom is -0.258 e. The van der Waals surface area contributed by atoms with Crippen LogP contribution in [-0.2, 0) is 24.6 Å². The topological polar surface area (TPSA) is 32.8 Å². The summed E-state index contributed by atoms with van der Waals surface area (Å²) in [7, 11) is 0. The molecule has 0 amide bonds. The fraction of sp³-hybridized carbons (Fsp3) is 0.500. The summed E-state index contributed by atoms with van der Waals surface area (Å²) in [6, 6.07) is 3.79. The van der Waals surface area contributed by atoms with Gasteiger partial charge in [0, 0.05) is 11.4 Å². The summed E-state index contributed by atoms with van der Waals surface area (Å²) in [6.45, 7) is 3.97. The molecule has 2 heteroatoms. The Morgan fingerprint density at radius 2 is 1.67 bits per heavy atom. The van der Waals surface area contributed by atoms with E-state index in [2.05, 4.69) is 18.8 Å². The SMILES string of the molecule is CCc1cc(C[O])cc(CC)n1. The van der Waals surface area contributed by atoms with E-state index in [1.54, 1.807) is 0 Å². The van der Waals surface area contributed by atoms with Crippen molar-refractivity contribution in [2.75, 3.05) is 0 Å². The first-order valence-corrected chi connectivity index (χ1v) is 4.37. The molecule has 0 saturated carbocycles. The summed E-state index contributed by atoms with van der Waals surface area (Å²) in [5, 5.41) is 10.6. The molecule has 1 rings (SSSR count). The Morgan fingerprint density at radius 1 is 1.17 bits per heavy atom. The third kappa shape index (κ3) is 2.05. The van der Waals surface area contributed by atoms with Crippen molar-refractivity contribution in [2.45, 2.75) is 33.3 Å². The highest BCUT2D eigenvalue weighted by molar-refractivity contribution is 5.20. The molecule has 0 aliphatic carbocycles. The van der Waals surface area contributed by atoms with Gasteiger partial charge in [0.1, 0.15) is 6.61 Å². The van der Waals surface area contributed by atoms with Gasteiger partial charge in [-0.3, -0.25) is 4.98 Å². The second kappa shape index (κ2) is 4.21. The molecule has 0 aliphatic heterocycles. The monoisotopic (exact) mass is 164 g/mol. The van der Waals surface area contributed by atoms with E-state index < -0.39 is 0 Å². The molecular formula is C10H14NO. The molecule has 0 unspecified atom stereocenters. The number of pyridine rings is 1. The minimum atomic E-state index is -0.136. The molecule has 1 heterocycles. The molecule has 1 aromatic heterocycles. The van der Waals surface area contributed by atoms with Crippen molar-refractivity contribution in [1.29, 1.82) is 0 Å². The summed E-state index contributed by atoms with van der Waals surface area (Å²) in [6.07, 6.45) is 1.81. The maximum absolute atomic E-state index is 10.6. The average molecular weight is 164 g/mol. The normalized spacial score (nSPS) is 10.2. The molecule has 0 atom stereocenters. The lowest BCUT2D eigenvalue weighted by molar-refractivity contribution is 0.177. The minimum absolute atomic E-state index is 0.136. The van der Waals surface area contributed by atoms with Crippen molar-refractivity contribution in [1.82, 2.24) is 4.98 Å². The fourth-order valence-electron chi connectivity index (χ4n) is 1.16. The Morgan fingerprint density at radius 3 is 2.00 bits per heavy atom. The number of rotatable bonds is 3. The van der Waals surface area contributed by atoms with Crippen LogP contribution in [0.15, 0.2) is 12.1 Å². The first kappa shape index (κ1) is 9.20. The smallest absolute Gasteiger partial charge is 0.107 e. The third-order valence-electron chi connectivity index (χ3n) is 1.88. The second-order valence-corrected chi connectivity index (χ2v) is 2.81. The van der Waals surface area contributed by atoms with Crippen LogP contribution in [0.2, 0.25) is 0 Å². The highest BCUT2D eigenvalue weighted by Gasteiger charge is 1.99. The Balaban J connectivity index is 3.01. The van der Waals surface area contributed by atoms with Gasteiger partial charge >= 0.3 is 0 Å². The lowest BCUT2D eigenvalue weighted by atomic mass is 10.1. The van der Waals surface area contributed by atoms with E-state index in [1.807, 2.05) is 12.1 Å². The molecule has 1 radical (unpaired) electrons. The largest absolute Gasteiger partial charge is 0.258 e. The van der Waals surface area contributed by atoms with E-state index in [-0.39, 0.29) is 6.61 Å². The molecule has 0 saturated heterocycles. The molecule has 0 fully saturated rings. The van der Waals surface area contributed by atoms with Crippen LogP contribution >= 0.6 is 0 Å². The molecule has 0 N–H and O–H groups in total. The maximum Gasteiger partial charge on any atom is 0.107 e. The van der Waals surface area contributed by atoms with Crippen molar-refractivity contribution in [3.8, 4) is 0 Å². The maximum atomic E-state index is 10.6. The first-order chi connectivity index (χ1) is 5.80. The standard InChI is InChI=1S/C10H14NO/c1-3-9-5-8(7-12)6-10(4-2)11-9/h5-6H,3-4,7H2,1-2H3. The van der Waals surface area contributed by atoms with Crippen LogP contribution in [0.1, 0.15) is 30.8 Å². The average Bonchev–Trinajstić information content (AvgIpc) is 2.16. The van der Waals surface area contributed by atoms with Crippen molar-refractivity contribution < 1.29 is 5.11 Å². The van der Waals surface area contributed by atoms with Crippen LogP contribution in [0.25, 0.3) is 0 Å². The van der Waals surface area contributed by atoms with E-state index in [0.717, 1.165) is 29.8 Å². The van der Waals surface area contributed by atoms with Gasteiger partial charge in [-0.1, -0.05) is 13.8 Å². The molecule has 1 aromatic rings. The van der Waals surface area contributed by atoms with E-state index in [1.165, 1.54) is 0 Å². The summed E-state index contributed by atoms with van der Waals surface area (Å²) in [5.74, 6) is 0. The Labute approximate surface area is 73.3 Å². The zero-order valence-corrected chi connectivity index (χ0v) is 7.63. The Bertz CT molecular complexity index is 203. The van der Waals surface area contributed by atoms with Crippen LogP contribution in [0.3, 0.4) is 0 Å². The third-order valence-corrected chi connectivity index (χ3v) is 1.88. The summed E-state index contributed by atoms with van der Waals surface area (Å²) < 4.78 is 0. The van der Waals surface area contributed by atoms with Gasteiger partial charge in [-0.2, -0.15) is 0 Å². The van der Waals surface area contributed by atoms with Gasteiger partial charge in [-0.15, -0.1) is 0 Å². The number of nitrogens with zero attached hydrogens (tertiary/aromatic N) is 1. The van der Waals surface area contributed by atoms with Crippen LogP contribution in [0.4, 0.5) is 0 Å². The van der Waals surface area contributed by atoms with E-state index in [9.17, 15) is 5.11 Å². The van der Waals surface area contributed by atoms with Gasteiger partial charge in [-0.25, -0.2) is 5.11 Å². The predicted molar refractivity (Wildman–Crippen MR) is 47.4 cm³/mol. The van der Waals surface area contributed by atoms with Crippen molar-refractivity contribution in [3.05, 3.63) is 29.1 Å².